The van der Waals surface area contributed by atoms with Crippen LogP contribution in [0.15, 0.2) is 53.6 Å². The molecule has 0 aliphatic rings. The van der Waals surface area contributed by atoms with Gasteiger partial charge in [-0.2, -0.15) is 0 Å². The lowest BCUT2D eigenvalue weighted by Crippen LogP contribution is -2.27. The second-order valence-corrected chi connectivity index (χ2v) is 9.69. The average molecular weight is 421 g/mol. The summed E-state index contributed by atoms with van der Waals surface area (Å²) in [6, 6.07) is 11.3. The second-order valence-electron chi connectivity index (χ2n) is 7.44. The van der Waals surface area contributed by atoms with Crippen molar-refractivity contribution in [2.75, 3.05) is 5.32 Å². The molecule has 148 valence electrons. The van der Waals surface area contributed by atoms with Gasteiger partial charge in [0.1, 0.15) is 5.60 Å². The van der Waals surface area contributed by atoms with Gasteiger partial charge in [0.2, 0.25) is 0 Å². The highest BCUT2D eigenvalue weighted by Gasteiger charge is 2.22. The van der Waals surface area contributed by atoms with Crippen LogP contribution in [0.25, 0.3) is 10.9 Å². The Labute approximate surface area is 169 Å². The third kappa shape index (κ3) is 4.15. The number of anilines is 1. The minimum atomic E-state index is -3.82. The van der Waals surface area contributed by atoms with Crippen molar-refractivity contribution in [1.82, 2.24) is 3.97 Å². The number of rotatable bonds is 3. The van der Waals surface area contributed by atoms with Gasteiger partial charge in [0.05, 0.1) is 16.1 Å². The SMILES string of the molecule is Cc1ccc(S(=O)(=O)n2ccc3c(NC(=O)OC(C)(C)C)cc(Cl)cc32)cc1. The van der Waals surface area contributed by atoms with Gasteiger partial charge in [0, 0.05) is 16.6 Å². The minimum absolute atomic E-state index is 0.164. The molecule has 0 radical (unpaired) electrons. The van der Waals surface area contributed by atoms with Crippen LogP contribution in [-0.4, -0.2) is 24.1 Å². The molecule has 1 N–H and O–H groups in total. The Morgan fingerprint density at radius 2 is 1.75 bits per heavy atom. The van der Waals surface area contributed by atoms with Crippen molar-refractivity contribution in [2.45, 2.75) is 38.2 Å². The number of benzene rings is 2. The van der Waals surface area contributed by atoms with Crippen molar-refractivity contribution in [3.8, 4) is 0 Å². The molecule has 6 nitrogen and oxygen atoms in total. The number of carbonyl (C=O) groups is 1. The Morgan fingerprint density at radius 1 is 1.11 bits per heavy atom. The van der Waals surface area contributed by atoms with Crippen LogP contribution in [0.5, 0.6) is 0 Å². The number of nitrogens with one attached hydrogen (secondary N) is 1. The molecule has 3 rings (SSSR count). The average Bonchev–Trinajstić information content (AvgIpc) is 2.98. The summed E-state index contributed by atoms with van der Waals surface area (Å²) in [5.74, 6) is 0. The van der Waals surface area contributed by atoms with Gasteiger partial charge in [-0.25, -0.2) is 17.2 Å². The third-order valence-electron chi connectivity index (χ3n) is 3.95. The number of carbonyl (C=O) groups excluding carboxylic acids is 1. The summed E-state index contributed by atoms with van der Waals surface area (Å²) in [6.45, 7) is 7.15. The lowest BCUT2D eigenvalue weighted by Gasteiger charge is -2.20. The minimum Gasteiger partial charge on any atom is -0.444 e. The monoisotopic (exact) mass is 420 g/mol. The first-order valence-corrected chi connectivity index (χ1v) is 10.4. The number of ether oxygens (including phenoxy) is 1. The summed E-state index contributed by atoms with van der Waals surface area (Å²) in [4.78, 5) is 12.3. The Kier molecular flexibility index (Phi) is 5.16. The van der Waals surface area contributed by atoms with E-state index in [0.717, 1.165) is 9.54 Å². The Balaban J connectivity index is 2.07. The van der Waals surface area contributed by atoms with Gasteiger partial charge in [0.15, 0.2) is 0 Å². The zero-order chi connectivity index (χ0) is 20.7. The van der Waals surface area contributed by atoms with E-state index in [0.29, 0.717) is 16.6 Å². The Morgan fingerprint density at radius 3 is 2.36 bits per heavy atom. The van der Waals surface area contributed by atoms with Gasteiger partial charge in [0.25, 0.3) is 10.0 Å². The molecule has 1 heterocycles. The summed E-state index contributed by atoms with van der Waals surface area (Å²) in [5.41, 5.74) is 1.03. The summed E-state index contributed by atoms with van der Waals surface area (Å²) < 4.78 is 32.5. The maximum Gasteiger partial charge on any atom is 0.412 e. The molecule has 1 aromatic heterocycles. The van der Waals surface area contributed by atoms with Crippen molar-refractivity contribution in [2.24, 2.45) is 0 Å². The standard InChI is InChI=1S/C20H21ClN2O4S/c1-13-5-7-15(8-6-13)28(25,26)23-10-9-16-17(11-14(21)12-18(16)23)22-19(24)27-20(2,3)4/h5-12H,1-4H3,(H,22,24). The van der Waals surface area contributed by atoms with Crippen LogP contribution in [0, 0.1) is 6.92 Å². The smallest absolute Gasteiger partial charge is 0.412 e. The van der Waals surface area contributed by atoms with E-state index >= 15 is 0 Å². The van der Waals surface area contributed by atoms with Crippen molar-refractivity contribution in [3.05, 3.63) is 59.2 Å². The number of nitrogens with zero attached hydrogens (tertiary/aromatic N) is 1. The molecule has 0 bridgehead atoms. The number of halogens is 1. The van der Waals surface area contributed by atoms with Crippen molar-refractivity contribution >= 4 is 44.3 Å². The first kappa shape index (κ1) is 20.2. The molecule has 0 unspecified atom stereocenters. The summed E-state index contributed by atoms with van der Waals surface area (Å²) in [7, 11) is -3.82. The zero-order valence-electron chi connectivity index (χ0n) is 16.0. The van der Waals surface area contributed by atoms with Crippen molar-refractivity contribution in [1.29, 1.82) is 0 Å². The van der Waals surface area contributed by atoms with Crippen LogP contribution in [0.2, 0.25) is 5.02 Å². The van der Waals surface area contributed by atoms with E-state index < -0.39 is 21.7 Å². The molecule has 2 aromatic carbocycles. The van der Waals surface area contributed by atoms with Crippen LogP contribution >= 0.6 is 11.6 Å². The lowest BCUT2D eigenvalue weighted by atomic mass is 10.2. The van der Waals surface area contributed by atoms with Gasteiger partial charge in [-0.3, -0.25) is 5.32 Å². The summed E-state index contributed by atoms with van der Waals surface area (Å²) >= 11 is 6.19. The highest BCUT2D eigenvalue weighted by atomic mass is 35.5. The molecule has 1 amide bonds. The van der Waals surface area contributed by atoms with E-state index in [1.807, 2.05) is 6.92 Å². The number of aryl methyl sites for hydroxylation is 1. The Bertz CT molecular complexity index is 1140. The molecule has 0 saturated carbocycles. The molecule has 0 saturated heterocycles. The van der Waals surface area contributed by atoms with Gasteiger partial charge >= 0.3 is 6.09 Å². The normalized spacial score (nSPS) is 12.2. The van der Waals surface area contributed by atoms with Gasteiger partial charge in [-0.1, -0.05) is 29.3 Å². The molecule has 0 aliphatic carbocycles. The van der Waals surface area contributed by atoms with E-state index in [-0.39, 0.29) is 9.92 Å². The number of hydrogen-bond acceptors (Lipinski definition) is 4. The summed E-state index contributed by atoms with van der Waals surface area (Å²) in [5, 5.41) is 3.46. The third-order valence-corrected chi connectivity index (χ3v) is 5.87. The van der Waals surface area contributed by atoms with E-state index in [1.54, 1.807) is 63.2 Å². The molecule has 0 fully saturated rings. The first-order chi connectivity index (χ1) is 13.0. The zero-order valence-corrected chi connectivity index (χ0v) is 17.6. The van der Waals surface area contributed by atoms with E-state index in [2.05, 4.69) is 5.32 Å². The van der Waals surface area contributed by atoms with Crippen molar-refractivity contribution < 1.29 is 17.9 Å². The lowest BCUT2D eigenvalue weighted by molar-refractivity contribution is 0.0636. The van der Waals surface area contributed by atoms with Crippen LogP contribution < -0.4 is 5.32 Å². The van der Waals surface area contributed by atoms with E-state index in [9.17, 15) is 13.2 Å². The van der Waals surface area contributed by atoms with Crippen LogP contribution in [-0.2, 0) is 14.8 Å². The maximum atomic E-state index is 13.1. The molecular formula is C20H21ClN2O4S. The predicted octanol–water partition coefficient (Wildman–Crippen LogP) is 5.19. The number of amides is 1. The topological polar surface area (TPSA) is 77.4 Å². The van der Waals surface area contributed by atoms with Gasteiger partial charge < -0.3 is 4.74 Å². The highest BCUT2D eigenvalue weighted by molar-refractivity contribution is 7.90. The van der Waals surface area contributed by atoms with Gasteiger partial charge in [-0.05, 0) is 58.0 Å². The van der Waals surface area contributed by atoms with E-state index in [4.69, 9.17) is 16.3 Å². The van der Waals surface area contributed by atoms with Crippen molar-refractivity contribution in [3.63, 3.8) is 0 Å². The molecule has 28 heavy (non-hydrogen) atoms. The second kappa shape index (κ2) is 7.14. The quantitative estimate of drug-likeness (QED) is 0.632. The van der Waals surface area contributed by atoms with Gasteiger partial charge in [-0.15, -0.1) is 0 Å². The molecule has 8 heteroatoms. The predicted molar refractivity (Wildman–Crippen MR) is 111 cm³/mol. The van der Waals surface area contributed by atoms with Crippen LogP contribution in [0.1, 0.15) is 26.3 Å². The largest absolute Gasteiger partial charge is 0.444 e. The number of fused-ring (bicyclic) bond motifs is 1. The number of hydrogen-bond donors (Lipinski definition) is 1. The summed E-state index contributed by atoms with van der Waals surface area (Å²) in [6.07, 6.45) is 0.793. The van der Waals surface area contributed by atoms with Crippen LogP contribution in [0.3, 0.4) is 0 Å². The van der Waals surface area contributed by atoms with E-state index in [1.165, 1.54) is 6.20 Å². The number of aromatic nitrogens is 1. The maximum absolute atomic E-state index is 13.1. The molecule has 0 spiro atoms. The fourth-order valence-corrected chi connectivity index (χ4v) is 4.28. The molecule has 0 aliphatic heterocycles. The fourth-order valence-electron chi connectivity index (χ4n) is 2.73. The molecular weight excluding hydrogens is 400 g/mol. The Hall–Kier alpha value is -2.51. The first-order valence-electron chi connectivity index (χ1n) is 8.60. The molecule has 3 aromatic rings. The fraction of sp³-hybridized carbons (Fsp3) is 0.250. The molecule has 0 atom stereocenters. The van der Waals surface area contributed by atoms with Crippen LogP contribution in [0.4, 0.5) is 10.5 Å². The highest BCUT2D eigenvalue weighted by Crippen LogP contribution is 2.31.